The molecular formula is C31H46N2O8S. The van der Waals surface area contributed by atoms with Crippen molar-refractivity contribution in [1.82, 2.24) is 9.79 Å². The molecule has 0 aromatic heterocycles. The Hall–Kier alpha value is -2.54. The monoisotopic (exact) mass is 606 g/mol. The molecule has 42 heavy (non-hydrogen) atoms. The van der Waals surface area contributed by atoms with Gasteiger partial charge >= 0.3 is 5.97 Å². The molecule has 0 unspecified atom stereocenters. The first-order valence-corrected chi connectivity index (χ1v) is 16.4. The molecule has 1 saturated carbocycles. The minimum Gasteiger partial charge on any atom is -0.508 e. The number of unbranched alkanes of at least 4 members (excludes halogenated alkanes) is 4. The molecule has 2 aromatic carbocycles. The molecule has 0 spiro atoms. The van der Waals surface area contributed by atoms with Gasteiger partial charge in [0.15, 0.2) is 0 Å². The number of benzene rings is 2. The fraction of sp³-hybridized carbons (Fsp3) is 0.581. The van der Waals surface area contributed by atoms with E-state index in [4.69, 9.17) is 9.57 Å². The SMILES string of the molecule is CC(=O)ON(C1CCC1)S(=O)(=O)c1cccc(CCCCOCCCCCCNC[C@@H](O)c2ccc(O)c(CO)c2)c1. The second-order valence-electron chi connectivity index (χ2n) is 10.8. The number of ether oxygens (including phenoxy) is 1. The predicted molar refractivity (Wildman–Crippen MR) is 159 cm³/mol. The van der Waals surface area contributed by atoms with Crippen LogP contribution in [0.15, 0.2) is 47.4 Å². The molecule has 0 bridgehead atoms. The molecule has 1 aliphatic carbocycles. The Morgan fingerprint density at radius 2 is 1.79 bits per heavy atom. The second kappa shape index (κ2) is 17.5. The molecular weight excluding hydrogens is 560 g/mol. The lowest BCUT2D eigenvalue weighted by molar-refractivity contribution is -0.176. The average molecular weight is 607 g/mol. The number of nitrogens with one attached hydrogen (secondary N) is 1. The van der Waals surface area contributed by atoms with Gasteiger partial charge < -0.3 is 30.2 Å². The molecule has 0 heterocycles. The zero-order valence-electron chi connectivity index (χ0n) is 24.5. The zero-order chi connectivity index (χ0) is 30.4. The number of hydroxylamine groups is 1. The molecule has 0 aliphatic heterocycles. The highest BCUT2D eigenvalue weighted by molar-refractivity contribution is 7.89. The van der Waals surface area contributed by atoms with Crippen molar-refractivity contribution in [2.75, 3.05) is 26.3 Å². The summed E-state index contributed by atoms with van der Waals surface area (Å²) < 4.78 is 32.9. The van der Waals surface area contributed by atoms with E-state index in [0.717, 1.165) is 67.9 Å². The third-order valence-corrected chi connectivity index (χ3v) is 9.11. The highest BCUT2D eigenvalue weighted by Crippen LogP contribution is 2.31. The number of aliphatic hydroxyl groups excluding tert-OH is 2. The number of sulfonamides is 1. The van der Waals surface area contributed by atoms with E-state index in [1.54, 1.807) is 30.3 Å². The van der Waals surface area contributed by atoms with Crippen LogP contribution < -0.4 is 5.32 Å². The van der Waals surface area contributed by atoms with E-state index in [0.29, 0.717) is 43.7 Å². The zero-order valence-corrected chi connectivity index (χ0v) is 25.4. The summed E-state index contributed by atoms with van der Waals surface area (Å²) in [6.07, 6.45) is 8.20. The van der Waals surface area contributed by atoms with Crippen LogP contribution in [0, 0.1) is 0 Å². The van der Waals surface area contributed by atoms with Gasteiger partial charge in [0.25, 0.3) is 10.0 Å². The summed E-state index contributed by atoms with van der Waals surface area (Å²) in [6, 6.07) is 11.3. The van der Waals surface area contributed by atoms with Crippen LogP contribution in [0.1, 0.15) is 87.5 Å². The van der Waals surface area contributed by atoms with E-state index in [2.05, 4.69) is 5.32 Å². The Balaban J connectivity index is 1.23. The van der Waals surface area contributed by atoms with Crippen LogP contribution in [-0.2, 0) is 37.4 Å². The first kappa shape index (κ1) is 34.0. The van der Waals surface area contributed by atoms with Gasteiger partial charge in [-0.2, -0.15) is 0 Å². The fourth-order valence-corrected chi connectivity index (χ4v) is 6.31. The molecule has 2 aromatic rings. The van der Waals surface area contributed by atoms with Crippen LogP contribution >= 0.6 is 0 Å². The number of aromatic hydroxyl groups is 1. The van der Waals surface area contributed by atoms with Crippen LogP contribution in [0.2, 0.25) is 0 Å². The Morgan fingerprint density at radius 1 is 1.05 bits per heavy atom. The molecule has 0 saturated heterocycles. The maximum atomic E-state index is 13.1. The highest BCUT2D eigenvalue weighted by Gasteiger charge is 2.38. The van der Waals surface area contributed by atoms with Crippen LogP contribution in [0.5, 0.6) is 5.75 Å². The summed E-state index contributed by atoms with van der Waals surface area (Å²) in [7, 11) is -3.92. The minimum absolute atomic E-state index is 0.0246. The lowest BCUT2D eigenvalue weighted by atomic mass is 9.94. The molecule has 1 atom stereocenters. The predicted octanol–water partition coefficient (Wildman–Crippen LogP) is 4.13. The lowest BCUT2D eigenvalue weighted by Crippen LogP contribution is -2.44. The van der Waals surface area contributed by atoms with Crippen molar-refractivity contribution < 1.29 is 38.1 Å². The topological polar surface area (TPSA) is 146 Å². The van der Waals surface area contributed by atoms with Gasteiger partial charge in [0.05, 0.1) is 23.6 Å². The maximum absolute atomic E-state index is 13.1. The quantitative estimate of drug-likeness (QED) is 0.129. The largest absolute Gasteiger partial charge is 0.508 e. The maximum Gasteiger partial charge on any atom is 0.323 e. The molecule has 3 rings (SSSR count). The van der Waals surface area contributed by atoms with Gasteiger partial charge in [-0.25, -0.2) is 8.42 Å². The molecule has 10 nitrogen and oxygen atoms in total. The molecule has 1 aliphatic rings. The number of aliphatic hydroxyl groups is 2. The Morgan fingerprint density at radius 3 is 2.48 bits per heavy atom. The van der Waals surface area contributed by atoms with Crippen molar-refractivity contribution in [2.45, 2.75) is 94.8 Å². The summed E-state index contributed by atoms with van der Waals surface area (Å²) in [5.74, 6) is -0.617. The molecule has 0 radical (unpaired) electrons. The summed E-state index contributed by atoms with van der Waals surface area (Å²) in [4.78, 5) is 16.7. The normalized spacial score (nSPS) is 14.6. The van der Waals surface area contributed by atoms with Gasteiger partial charge in [0, 0.05) is 32.2 Å². The van der Waals surface area contributed by atoms with Gasteiger partial charge in [-0.15, -0.1) is 0 Å². The van der Waals surface area contributed by atoms with Crippen LogP contribution in [-0.4, -0.2) is 66.5 Å². The first-order chi connectivity index (χ1) is 20.2. The third-order valence-electron chi connectivity index (χ3n) is 7.42. The van der Waals surface area contributed by atoms with Gasteiger partial charge in [0.2, 0.25) is 0 Å². The van der Waals surface area contributed by atoms with Gasteiger partial charge in [-0.3, -0.25) is 4.79 Å². The Kier molecular flexibility index (Phi) is 14.2. The van der Waals surface area contributed by atoms with Gasteiger partial charge in [-0.1, -0.05) is 31.0 Å². The molecule has 0 amide bonds. The third kappa shape index (κ3) is 10.6. The Labute approximate surface area is 249 Å². The summed E-state index contributed by atoms with van der Waals surface area (Å²) in [5.41, 5.74) is 1.99. The standard InChI is InChI=1S/C31H46N2O8S/c1-24(35)41-33(28-12-9-13-28)42(38,39)29-14-8-11-25(20-29)10-4-7-19-40-18-6-3-2-5-17-32-22-31(37)26-15-16-30(36)27(21-26)23-34/h8,11,14-16,20-21,28,31-32,34,36-37H,2-7,9-10,12-13,17-19,22-23H2,1H3/t31-/m1/s1. The molecule has 4 N–H and O–H groups in total. The van der Waals surface area contributed by atoms with Gasteiger partial charge in [0.1, 0.15) is 5.75 Å². The van der Waals surface area contributed by atoms with Crippen molar-refractivity contribution in [1.29, 1.82) is 0 Å². The van der Waals surface area contributed by atoms with Crippen molar-refractivity contribution in [3.05, 3.63) is 59.2 Å². The van der Waals surface area contributed by atoms with Crippen LogP contribution in [0.25, 0.3) is 0 Å². The summed E-state index contributed by atoms with van der Waals surface area (Å²) in [5, 5.41) is 32.4. The lowest BCUT2D eigenvalue weighted by Gasteiger charge is -2.34. The van der Waals surface area contributed by atoms with Crippen LogP contribution in [0.3, 0.4) is 0 Å². The Bertz CT molecular complexity index is 1220. The fourth-order valence-electron chi connectivity index (χ4n) is 4.75. The van der Waals surface area contributed by atoms with E-state index in [9.17, 15) is 28.5 Å². The first-order valence-electron chi connectivity index (χ1n) is 14.9. The number of rotatable bonds is 20. The molecule has 11 heteroatoms. The minimum atomic E-state index is -3.92. The number of hydrogen-bond donors (Lipinski definition) is 4. The average Bonchev–Trinajstić information content (AvgIpc) is 2.94. The highest BCUT2D eigenvalue weighted by atomic mass is 32.2. The second-order valence-corrected chi connectivity index (χ2v) is 12.6. The smallest absolute Gasteiger partial charge is 0.323 e. The number of carbonyl (C=O) groups excluding carboxylic acids is 1. The van der Waals surface area contributed by atoms with Crippen molar-refractivity contribution in [3.63, 3.8) is 0 Å². The number of carbonyl (C=O) groups is 1. The van der Waals surface area contributed by atoms with Crippen molar-refractivity contribution in [3.8, 4) is 5.75 Å². The van der Waals surface area contributed by atoms with E-state index < -0.39 is 22.1 Å². The van der Waals surface area contributed by atoms with E-state index >= 15 is 0 Å². The van der Waals surface area contributed by atoms with Crippen molar-refractivity contribution >= 4 is 16.0 Å². The molecule has 234 valence electrons. The van der Waals surface area contributed by atoms with E-state index in [-0.39, 0.29) is 23.3 Å². The number of phenols is 1. The van der Waals surface area contributed by atoms with E-state index in [1.807, 2.05) is 6.07 Å². The van der Waals surface area contributed by atoms with Gasteiger partial charge in [-0.05, 0) is 97.8 Å². The summed E-state index contributed by atoms with van der Waals surface area (Å²) >= 11 is 0. The summed E-state index contributed by atoms with van der Waals surface area (Å²) in [6.45, 7) is 3.52. The number of nitrogens with zero attached hydrogens (tertiary/aromatic N) is 1. The molecule has 1 fully saturated rings. The van der Waals surface area contributed by atoms with E-state index in [1.165, 1.54) is 13.0 Å². The van der Waals surface area contributed by atoms with Crippen LogP contribution in [0.4, 0.5) is 0 Å². The van der Waals surface area contributed by atoms with Crippen molar-refractivity contribution in [2.24, 2.45) is 0 Å². The number of aryl methyl sites for hydroxylation is 1. The number of hydrogen-bond acceptors (Lipinski definition) is 9.